The highest BCUT2D eigenvalue weighted by Gasteiger charge is 2.43. The Hall–Kier alpha value is -1.10. The van der Waals surface area contributed by atoms with Crippen molar-refractivity contribution >= 4 is 17.5 Å². The quantitative estimate of drug-likeness (QED) is 0.895. The first kappa shape index (κ1) is 18.7. The first-order valence-electron chi connectivity index (χ1n) is 9.36. The van der Waals surface area contributed by atoms with Crippen LogP contribution in [0.1, 0.15) is 45.1 Å². The number of benzene rings is 1. The summed E-state index contributed by atoms with van der Waals surface area (Å²) in [7, 11) is 0. The summed E-state index contributed by atoms with van der Waals surface area (Å²) >= 11 is 5.95. The molecule has 1 aromatic rings. The van der Waals surface area contributed by atoms with Crippen molar-refractivity contribution in [3.8, 4) is 0 Å². The van der Waals surface area contributed by atoms with E-state index in [0.717, 1.165) is 38.0 Å². The minimum Gasteiger partial charge on any atom is -0.385 e. The molecule has 0 bridgehead atoms. The van der Waals surface area contributed by atoms with Crippen LogP contribution in [-0.4, -0.2) is 53.5 Å². The number of nitrogens with zero attached hydrogens (tertiary/aromatic N) is 2. The van der Waals surface area contributed by atoms with Gasteiger partial charge >= 0.3 is 0 Å². The molecule has 2 fully saturated rings. The van der Waals surface area contributed by atoms with Gasteiger partial charge in [0, 0.05) is 24.7 Å². The van der Waals surface area contributed by atoms with Crippen LogP contribution in [-0.2, 0) is 10.4 Å². The Morgan fingerprint density at radius 2 is 1.80 bits per heavy atom. The van der Waals surface area contributed by atoms with Crippen molar-refractivity contribution in [3.05, 3.63) is 34.9 Å². The van der Waals surface area contributed by atoms with Gasteiger partial charge in [0.15, 0.2) is 0 Å². The summed E-state index contributed by atoms with van der Waals surface area (Å²) in [5.41, 5.74) is -0.251. The summed E-state index contributed by atoms with van der Waals surface area (Å²) < 4.78 is 0. The highest BCUT2D eigenvalue weighted by molar-refractivity contribution is 6.30. The Morgan fingerprint density at radius 1 is 1.16 bits per heavy atom. The number of rotatable bonds is 3. The molecule has 25 heavy (non-hydrogen) atoms. The van der Waals surface area contributed by atoms with Crippen molar-refractivity contribution in [2.45, 2.75) is 45.1 Å². The average molecular weight is 365 g/mol. The van der Waals surface area contributed by atoms with Crippen LogP contribution < -0.4 is 0 Å². The van der Waals surface area contributed by atoms with Gasteiger partial charge in [0.25, 0.3) is 0 Å². The van der Waals surface area contributed by atoms with Gasteiger partial charge in [-0.2, -0.15) is 0 Å². The van der Waals surface area contributed by atoms with E-state index in [2.05, 4.69) is 18.7 Å². The van der Waals surface area contributed by atoms with Crippen molar-refractivity contribution in [1.29, 1.82) is 0 Å². The molecule has 0 radical (unpaired) electrons. The summed E-state index contributed by atoms with van der Waals surface area (Å²) in [4.78, 5) is 17.5. The number of hydrogen-bond donors (Lipinski definition) is 1. The Labute approximate surface area is 155 Å². The van der Waals surface area contributed by atoms with E-state index in [1.165, 1.54) is 0 Å². The molecule has 0 saturated carbocycles. The van der Waals surface area contributed by atoms with Crippen LogP contribution in [0.2, 0.25) is 5.02 Å². The van der Waals surface area contributed by atoms with Gasteiger partial charge in [-0.3, -0.25) is 4.79 Å². The van der Waals surface area contributed by atoms with Gasteiger partial charge in [0.1, 0.15) is 0 Å². The van der Waals surface area contributed by atoms with Gasteiger partial charge in [-0.15, -0.1) is 0 Å². The van der Waals surface area contributed by atoms with Gasteiger partial charge < -0.3 is 14.9 Å². The van der Waals surface area contributed by atoms with Gasteiger partial charge in [0.2, 0.25) is 5.91 Å². The molecule has 1 aromatic carbocycles. The van der Waals surface area contributed by atoms with Gasteiger partial charge in [-0.1, -0.05) is 30.7 Å². The highest BCUT2D eigenvalue weighted by atomic mass is 35.5. The Bertz CT molecular complexity index is 611. The molecule has 1 N–H and O–H groups in total. The van der Waals surface area contributed by atoms with Crippen molar-refractivity contribution in [2.24, 2.45) is 5.41 Å². The van der Waals surface area contributed by atoms with Crippen molar-refractivity contribution in [2.75, 3.05) is 32.7 Å². The third-order valence-corrected chi connectivity index (χ3v) is 6.25. The maximum absolute atomic E-state index is 13.1. The lowest BCUT2D eigenvalue weighted by Crippen LogP contribution is -2.54. The summed E-state index contributed by atoms with van der Waals surface area (Å²) in [6.45, 7) is 8.43. The zero-order chi connectivity index (χ0) is 18.1. The van der Waals surface area contributed by atoms with E-state index in [-0.39, 0.29) is 11.3 Å². The lowest BCUT2D eigenvalue weighted by atomic mass is 9.78. The first-order chi connectivity index (χ1) is 11.9. The minimum absolute atomic E-state index is 0.254. The molecule has 1 atom stereocenters. The number of aliphatic hydroxyl groups is 1. The fraction of sp³-hybridized carbons (Fsp3) is 0.650. The Balaban J connectivity index is 1.65. The summed E-state index contributed by atoms with van der Waals surface area (Å²) in [5, 5.41) is 11.7. The zero-order valence-electron chi connectivity index (χ0n) is 15.3. The van der Waals surface area contributed by atoms with E-state index in [1.807, 2.05) is 29.2 Å². The van der Waals surface area contributed by atoms with Crippen LogP contribution in [0.25, 0.3) is 0 Å². The van der Waals surface area contributed by atoms with E-state index in [4.69, 9.17) is 11.6 Å². The first-order valence-corrected chi connectivity index (χ1v) is 9.74. The molecular weight excluding hydrogens is 336 g/mol. The second-order valence-corrected chi connectivity index (χ2v) is 8.30. The maximum atomic E-state index is 13.1. The van der Waals surface area contributed by atoms with E-state index < -0.39 is 5.60 Å². The number of halogens is 1. The molecule has 4 nitrogen and oxygen atoms in total. The second kappa shape index (κ2) is 7.26. The van der Waals surface area contributed by atoms with E-state index in [1.54, 1.807) is 0 Å². The molecule has 138 valence electrons. The average Bonchev–Trinajstić information content (AvgIpc) is 2.62. The smallest absolute Gasteiger partial charge is 0.229 e. The minimum atomic E-state index is -0.857. The predicted octanol–water partition coefficient (Wildman–Crippen LogP) is 3.27. The van der Waals surface area contributed by atoms with Crippen molar-refractivity contribution < 1.29 is 9.90 Å². The van der Waals surface area contributed by atoms with Gasteiger partial charge in [-0.05, 0) is 63.4 Å². The highest BCUT2D eigenvalue weighted by Crippen LogP contribution is 2.37. The summed E-state index contributed by atoms with van der Waals surface area (Å²) in [6, 6.07) is 7.41. The Morgan fingerprint density at radius 3 is 2.40 bits per heavy atom. The SMILES string of the molecule is CCN1CCC[C@@](C)(C(=O)N2CCC(O)(c3ccc(Cl)cc3)CC2)C1. The van der Waals surface area contributed by atoms with E-state index in [0.29, 0.717) is 31.0 Å². The second-order valence-electron chi connectivity index (χ2n) is 7.86. The molecule has 0 aromatic heterocycles. The van der Waals surface area contributed by atoms with Gasteiger partial charge in [-0.25, -0.2) is 0 Å². The number of carbonyl (C=O) groups is 1. The molecular formula is C20H29ClN2O2. The molecule has 0 spiro atoms. The monoisotopic (exact) mass is 364 g/mol. The summed E-state index contributed by atoms with van der Waals surface area (Å²) in [6.07, 6.45) is 3.20. The van der Waals surface area contributed by atoms with E-state index >= 15 is 0 Å². The lowest BCUT2D eigenvalue weighted by Gasteiger charge is -2.45. The summed E-state index contributed by atoms with van der Waals surface area (Å²) in [5.74, 6) is 0.254. The molecule has 2 heterocycles. The van der Waals surface area contributed by atoms with Gasteiger partial charge in [0.05, 0.1) is 11.0 Å². The topological polar surface area (TPSA) is 43.8 Å². The largest absolute Gasteiger partial charge is 0.385 e. The van der Waals surface area contributed by atoms with Crippen molar-refractivity contribution in [3.63, 3.8) is 0 Å². The Kier molecular flexibility index (Phi) is 5.42. The third-order valence-electron chi connectivity index (χ3n) is 6.00. The standard InChI is InChI=1S/C20H29ClN2O2/c1-3-22-12-4-9-19(2,15-22)18(24)23-13-10-20(25,11-14-23)16-5-7-17(21)8-6-16/h5-8,25H,3-4,9-15H2,1-2H3/t19-/m1/s1. The zero-order valence-corrected chi connectivity index (χ0v) is 16.1. The fourth-order valence-corrected chi connectivity index (χ4v) is 4.43. The number of carbonyl (C=O) groups excluding carboxylic acids is 1. The number of likely N-dealkylation sites (tertiary alicyclic amines) is 2. The number of amides is 1. The van der Waals surface area contributed by atoms with E-state index in [9.17, 15) is 9.90 Å². The fourth-order valence-electron chi connectivity index (χ4n) is 4.30. The normalized spacial score (nSPS) is 27.3. The maximum Gasteiger partial charge on any atom is 0.229 e. The van der Waals surface area contributed by atoms with Crippen LogP contribution in [0, 0.1) is 5.41 Å². The van der Waals surface area contributed by atoms with Crippen LogP contribution in [0.3, 0.4) is 0 Å². The number of hydrogen-bond acceptors (Lipinski definition) is 3. The van der Waals surface area contributed by atoms with Crippen LogP contribution in [0.5, 0.6) is 0 Å². The third kappa shape index (κ3) is 3.86. The predicted molar refractivity (Wildman–Crippen MR) is 101 cm³/mol. The molecule has 0 aliphatic carbocycles. The molecule has 0 unspecified atom stereocenters. The molecule has 5 heteroatoms. The molecule has 2 saturated heterocycles. The molecule has 3 rings (SSSR count). The molecule has 2 aliphatic rings. The van der Waals surface area contributed by atoms with Crippen LogP contribution >= 0.6 is 11.6 Å². The van der Waals surface area contributed by atoms with Crippen LogP contribution in [0.4, 0.5) is 0 Å². The molecule has 2 aliphatic heterocycles. The molecule has 1 amide bonds. The van der Waals surface area contributed by atoms with Crippen LogP contribution in [0.15, 0.2) is 24.3 Å². The lowest BCUT2D eigenvalue weighted by molar-refractivity contribution is -0.149. The number of piperidine rings is 2. The van der Waals surface area contributed by atoms with Crippen molar-refractivity contribution in [1.82, 2.24) is 9.80 Å².